The zero-order valence-electron chi connectivity index (χ0n) is 9.59. The summed E-state index contributed by atoms with van der Waals surface area (Å²) in [6.07, 6.45) is -4.90. The molecule has 0 aliphatic heterocycles. The minimum absolute atomic E-state index is 0.265. The highest BCUT2D eigenvalue weighted by atomic mass is 19.4. The number of benzene rings is 1. The molecule has 100 valence electrons. The lowest BCUT2D eigenvalue weighted by Gasteiger charge is -2.11. The zero-order valence-corrected chi connectivity index (χ0v) is 9.59. The predicted octanol–water partition coefficient (Wildman–Crippen LogP) is 3.08. The van der Waals surface area contributed by atoms with Crippen molar-refractivity contribution in [3.05, 3.63) is 40.8 Å². The molecule has 0 bridgehead atoms. The van der Waals surface area contributed by atoms with Gasteiger partial charge in [-0.3, -0.25) is 0 Å². The number of hydrogen-bond acceptors (Lipinski definition) is 4. The summed E-state index contributed by atoms with van der Waals surface area (Å²) in [6.45, 7) is 0. The van der Waals surface area contributed by atoms with Gasteiger partial charge in [0.15, 0.2) is 5.57 Å². The lowest BCUT2D eigenvalue weighted by Crippen LogP contribution is -2.09. The van der Waals surface area contributed by atoms with Gasteiger partial charge >= 0.3 is 6.18 Å². The lowest BCUT2D eigenvalue weighted by atomic mass is 10.1. The average molecular weight is 280 g/mol. The summed E-state index contributed by atoms with van der Waals surface area (Å²) < 4.78 is 50.5. The summed E-state index contributed by atoms with van der Waals surface area (Å²) in [5, 5.41) is 28.1. The Morgan fingerprint density at radius 1 is 1.05 bits per heavy atom. The fraction of sp³-hybridized carbons (Fsp3) is 0.0833. The molecule has 0 fully saturated rings. The molecule has 1 rings (SSSR count). The van der Waals surface area contributed by atoms with Gasteiger partial charge in [-0.2, -0.15) is 29.0 Å². The molecule has 0 atom stereocenters. The van der Waals surface area contributed by atoms with Crippen LogP contribution in [0, 0.1) is 39.8 Å². The first-order valence-electron chi connectivity index (χ1n) is 4.91. The fourth-order valence-corrected chi connectivity index (χ4v) is 1.25. The van der Waals surface area contributed by atoms with Crippen molar-refractivity contribution < 1.29 is 17.6 Å². The van der Waals surface area contributed by atoms with Crippen molar-refractivity contribution >= 4 is 5.69 Å². The number of rotatable bonds is 2. The van der Waals surface area contributed by atoms with Crippen LogP contribution in [0.5, 0.6) is 0 Å². The SMILES string of the molecule is N#CC(C#N)=C(C#N)Nc1ccc(F)c(C(F)(F)F)c1. The average Bonchev–Trinajstić information content (AvgIpc) is 2.39. The van der Waals surface area contributed by atoms with Crippen LogP contribution in [-0.4, -0.2) is 0 Å². The van der Waals surface area contributed by atoms with Gasteiger partial charge in [0.1, 0.15) is 29.7 Å². The van der Waals surface area contributed by atoms with Gasteiger partial charge in [0, 0.05) is 5.69 Å². The number of nitriles is 3. The van der Waals surface area contributed by atoms with Crippen molar-refractivity contribution in [2.75, 3.05) is 5.32 Å². The molecule has 20 heavy (non-hydrogen) atoms. The zero-order chi connectivity index (χ0) is 15.3. The molecule has 0 aromatic heterocycles. The number of nitrogens with one attached hydrogen (secondary N) is 1. The summed E-state index contributed by atoms with van der Waals surface area (Å²) >= 11 is 0. The molecule has 0 heterocycles. The second-order valence-electron chi connectivity index (χ2n) is 3.40. The lowest BCUT2D eigenvalue weighted by molar-refractivity contribution is -0.139. The Morgan fingerprint density at radius 2 is 1.65 bits per heavy atom. The molecule has 8 heteroatoms. The van der Waals surface area contributed by atoms with Crippen LogP contribution in [0.25, 0.3) is 0 Å². The topological polar surface area (TPSA) is 83.4 Å². The standard InChI is InChI=1S/C12H4F4N4/c13-10-2-1-8(3-9(10)12(14,15)16)20-11(6-19)7(4-17)5-18/h1-3,20H. The van der Waals surface area contributed by atoms with Crippen LogP contribution < -0.4 is 5.32 Å². The van der Waals surface area contributed by atoms with Crippen LogP contribution in [0.2, 0.25) is 0 Å². The smallest absolute Gasteiger partial charge is 0.345 e. The molecule has 0 unspecified atom stereocenters. The van der Waals surface area contributed by atoms with Crippen LogP contribution in [-0.2, 0) is 6.18 Å². The van der Waals surface area contributed by atoms with E-state index in [0.29, 0.717) is 12.1 Å². The quantitative estimate of drug-likeness (QED) is 0.666. The van der Waals surface area contributed by atoms with E-state index in [1.165, 1.54) is 18.2 Å². The molecule has 0 saturated heterocycles. The molecule has 0 aliphatic carbocycles. The first kappa shape index (κ1) is 15.0. The van der Waals surface area contributed by atoms with E-state index in [0.717, 1.165) is 6.07 Å². The number of nitrogens with zero attached hydrogens (tertiary/aromatic N) is 3. The Balaban J connectivity index is 3.26. The molecule has 0 amide bonds. The van der Waals surface area contributed by atoms with E-state index < -0.39 is 28.8 Å². The summed E-state index contributed by atoms with van der Waals surface area (Å²) in [7, 11) is 0. The molecule has 1 N–H and O–H groups in total. The minimum atomic E-state index is -4.90. The minimum Gasteiger partial charge on any atom is -0.345 e. The van der Waals surface area contributed by atoms with Gasteiger partial charge < -0.3 is 5.32 Å². The van der Waals surface area contributed by atoms with Crippen LogP contribution >= 0.6 is 0 Å². The number of anilines is 1. The van der Waals surface area contributed by atoms with Crippen molar-refractivity contribution in [2.24, 2.45) is 0 Å². The van der Waals surface area contributed by atoms with E-state index >= 15 is 0 Å². The maximum absolute atomic E-state index is 13.0. The summed E-state index contributed by atoms with van der Waals surface area (Å²) in [5.41, 5.74) is -2.89. The monoisotopic (exact) mass is 280 g/mol. The highest BCUT2D eigenvalue weighted by molar-refractivity contribution is 5.59. The van der Waals surface area contributed by atoms with E-state index in [1.54, 1.807) is 0 Å². The third-order valence-corrected chi connectivity index (χ3v) is 2.13. The van der Waals surface area contributed by atoms with Crippen LogP contribution in [0.4, 0.5) is 23.2 Å². The first-order valence-corrected chi connectivity index (χ1v) is 4.91. The van der Waals surface area contributed by atoms with Gasteiger partial charge in [0.25, 0.3) is 0 Å². The van der Waals surface area contributed by atoms with Gasteiger partial charge in [-0.25, -0.2) is 4.39 Å². The van der Waals surface area contributed by atoms with Gasteiger partial charge in [0.05, 0.1) is 5.56 Å². The number of halogens is 4. The Labute approximate surface area is 110 Å². The third-order valence-electron chi connectivity index (χ3n) is 2.13. The van der Waals surface area contributed by atoms with Crippen molar-refractivity contribution in [3.63, 3.8) is 0 Å². The van der Waals surface area contributed by atoms with E-state index in [-0.39, 0.29) is 5.69 Å². The molecule has 0 aliphatic rings. The second kappa shape index (κ2) is 5.73. The van der Waals surface area contributed by atoms with Crippen LogP contribution in [0.1, 0.15) is 5.56 Å². The van der Waals surface area contributed by atoms with Crippen molar-refractivity contribution in [3.8, 4) is 18.2 Å². The van der Waals surface area contributed by atoms with Gasteiger partial charge in [-0.05, 0) is 18.2 Å². The summed E-state index contributed by atoms with van der Waals surface area (Å²) in [6, 6.07) is 6.27. The maximum Gasteiger partial charge on any atom is 0.419 e. The molecule has 0 spiro atoms. The van der Waals surface area contributed by atoms with Crippen molar-refractivity contribution in [2.45, 2.75) is 6.18 Å². The molecule has 1 aromatic rings. The predicted molar refractivity (Wildman–Crippen MR) is 58.9 cm³/mol. The normalized spacial score (nSPS) is 9.85. The van der Waals surface area contributed by atoms with Gasteiger partial charge in [-0.1, -0.05) is 0 Å². The third kappa shape index (κ3) is 3.24. The molecular formula is C12H4F4N4. The van der Waals surface area contributed by atoms with Gasteiger partial charge in [0.2, 0.25) is 0 Å². The second-order valence-corrected chi connectivity index (χ2v) is 3.40. The van der Waals surface area contributed by atoms with E-state index in [4.69, 9.17) is 15.8 Å². The van der Waals surface area contributed by atoms with Crippen LogP contribution in [0.15, 0.2) is 29.5 Å². The fourth-order valence-electron chi connectivity index (χ4n) is 1.25. The molecular weight excluding hydrogens is 276 g/mol. The Kier molecular flexibility index (Phi) is 4.30. The van der Waals surface area contributed by atoms with Gasteiger partial charge in [-0.15, -0.1) is 0 Å². The van der Waals surface area contributed by atoms with Crippen LogP contribution in [0.3, 0.4) is 0 Å². The van der Waals surface area contributed by atoms with Crippen molar-refractivity contribution in [1.82, 2.24) is 0 Å². The molecule has 0 radical (unpaired) electrons. The number of hydrogen-bond donors (Lipinski definition) is 1. The highest BCUT2D eigenvalue weighted by Crippen LogP contribution is 2.33. The molecule has 1 aromatic carbocycles. The highest BCUT2D eigenvalue weighted by Gasteiger charge is 2.34. The van der Waals surface area contributed by atoms with Crippen molar-refractivity contribution in [1.29, 1.82) is 15.8 Å². The summed E-state index contributed by atoms with van der Waals surface area (Å²) in [4.78, 5) is 0. The number of allylic oxidation sites excluding steroid dienone is 2. The Hall–Kier alpha value is -3.05. The molecule has 4 nitrogen and oxygen atoms in total. The Bertz CT molecular complexity index is 667. The Morgan fingerprint density at radius 3 is 2.10 bits per heavy atom. The largest absolute Gasteiger partial charge is 0.419 e. The summed E-state index contributed by atoms with van der Waals surface area (Å²) in [5.74, 6) is -1.47. The molecule has 0 saturated carbocycles. The van der Waals surface area contributed by atoms with E-state index in [2.05, 4.69) is 5.32 Å². The van der Waals surface area contributed by atoms with E-state index in [1.807, 2.05) is 0 Å². The van der Waals surface area contributed by atoms with E-state index in [9.17, 15) is 17.6 Å². The maximum atomic E-state index is 13.0. The number of alkyl halides is 3. The first-order chi connectivity index (χ1) is 9.33.